The molecule has 0 aromatic heterocycles. The fraction of sp³-hybridized carbons (Fsp3) is 0.467. The lowest BCUT2D eigenvalue weighted by Crippen LogP contribution is -2.32. The zero-order valence-corrected chi connectivity index (χ0v) is 11.3. The smallest absolute Gasteiger partial charge is 0.222 e. The van der Waals surface area contributed by atoms with E-state index in [0.29, 0.717) is 5.56 Å². The summed E-state index contributed by atoms with van der Waals surface area (Å²) in [4.78, 5) is 23.2. The van der Waals surface area contributed by atoms with Crippen LogP contribution in [0.4, 0.5) is 0 Å². The Morgan fingerprint density at radius 1 is 1.17 bits per heavy atom. The molecule has 0 aliphatic heterocycles. The Hall–Kier alpha value is -1.64. The van der Waals surface area contributed by atoms with Crippen LogP contribution in [0.25, 0.3) is 0 Å². The molecule has 0 unspecified atom stereocenters. The Kier molecular flexibility index (Phi) is 5.56. The standard InChI is InChI=1S/C15H21NO2/c1-4-5-12-6-8-13(9-7-12)14(17)10-16-15(18)11(2)3/h6-9,11H,4-5,10H2,1-3H3,(H,16,18). The third kappa shape index (κ3) is 4.32. The van der Waals surface area contributed by atoms with Gasteiger partial charge in [-0.2, -0.15) is 0 Å². The largest absolute Gasteiger partial charge is 0.348 e. The van der Waals surface area contributed by atoms with Crippen molar-refractivity contribution in [2.24, 2.45) is 5.92 Å². The van der Waals surface area contributed by atoms with Gasteiger partial charge in [-0.05, 0) is 12.0 Å². The lowest BCUT2D eigenvalue weighted by molar-refractivity contribution is -0.123. The number of nitrogens with one attached hydrogen (secondary N) is 1. The van der Waals surface area contributed by atoms with Gasteiger partial charge >= 0.3 is 0 Å². The van der Waals surface area contributed by atoms with Crippen LogP contribution in [-0.4, -0.2) is 18.2 Å². The monoisotopic (exact) mass is 247 g/mol. The van der Waals surface area contributed by atoms with Crippen molar-refractivity contribution in [1.82, 2.24) is 5.32 Å². The molecule has 98 valence electrons. The fourth-order valence-electron chi connectivity index (χ4n) is 1.62. The Bertz CT molecular complexity index is 407. The second kappa shape index (κ2) is 6.94. The highest BCUT2D eigenvalue weighted by Crippen LogP contribution is 2.07. The summed E-state index contributed by atoms with van der Waals surface area (Å²) in [6.45, 7) is 5.81. The summed E-state index contributed by atoms with van der Waals surface area (Å²) >= 11 is 0. The molecular weight excluding hydrogens is 226 g/mol. The molecule has 0 radical (unpaired) electrons. The molecule has 0 fully saturated rings. The molecule has 3 nitrogen and oxygen atoms in total. The zero-order chi connectivity index (χ0) is 13.5. The van der Waals surface area contributed by atoms with Gasteiger partial charge < -0.3 is 5.32 Å². The van der Waals surface area contributed by atoms with Crippen LogP contribution in [0.1, 0.15) is 43.1 Å². The molecule has 0 aliphatic rings. The van der Waals surface area contributed by atoms with Crippen LogP contribution in [0.2, 0.25) is 0 Å². The molecule has 3 heteroatoms. The molecule has 0 atom stereocenters. The molecule has 1 rings (SSSR count). The highest BCUT2D eigenvalue weighted by atomic mass is 16.2. The molecule has 0 saturated heterocycles. The van der Waals surface area contributed by atoms with Crippen molar-refractivity contribution in [1.29, 1.82) is 0 Å². The van der Waals surface area contributed by atoms with E-state index in [1.165, 1.54) is 5.56 Å². The summed E-state index contributed by atoms with van der Waals surface area (Å²) in [6, 6.07) is 7.60. The number of amides is 1. The molecule has 1 aromatic carbocycles. The van der Waals surface area contributed by atoms with Crippen molar-refractivity contribution in [3.8, 4) is 0 Å². The number of rotatable bonds is 6. The minimum Gasteiger partial charge on any atom is -0.348 e. The van der Waals surface area contributed by atoms with E-state index in [0.717, 1.165) is 12.8 Å². The van der Waals surface area contributed by atoms with Gasteiger partial charge in [0.1, 0.15) is 0 Å². The van der Waals surface area contributed by atoms with Crippen molar-refractivity contribution in [3.05, 3.63) is 35.4 Å². The van der Waals surface area contributed by atoms with E-state index in [1.54, 1.807) is 13.8 Å². The summed E-state index contributed by atoms with van der Waals surface area (Å²) in [5.74, 6) is -0.234. The maximum Gasteiger partial charge on any atom is 0.222 e. The van der Waals surface area contributed by atoms with E-state index in [1.807, 2.05) is 24.3 Å². The molecule has 1 amide bonds. The summed E-state index contributed by atoms with van der Waals surface area (Å²) in [7, 11) is 0. The summed E-state index contributed by atoms with van der Waals surface area (Å²) in [6.07, 6.45) is 2.12. The summed E-state index contributed by atoms with van der Waals surface area (Å²) in [5.41, 5.74) is 1.89. The maximum absolute atomic E-state index is 11.8. The fourth-order valence-corrected chi connectivity index (χ4v) is 1.62. The first-order valence-electron chi connectivity index (χ1n) is 6.44. The van der Waals surface area contributed by atoms with E-state index in [-0.39, 0.29) is 24.2 Å². The molecule has 0 spiro atoms. The van der Waals surface area contributed by atoms with E-state index in [9.17, 15) is 9.59 Å². The van der Waals surface area contributed by atoms with Gasteiger partial charge in [0.05, 0.1) is 6.54 Å². The van der Waals surface area contributed by atoms with Gasteiger partial charge in [-0.15, -0.1) is 0 Å². The Morgan fingerprint density at radius 3 is 2.28 bits per heavy atom. The molecule has 0 heterocycles. The van der Waals surface area contributed by atoms with Gasteiger partial charge in [0.2, 0.25) is 5.91 Å². The average Bonchev–Trinajstić information content (AvgIpc) is 2.36. The maximum atomic E-state index is 11.8. The van der Waals surface area contributed by atoms with Crippen molar-refractivity contribution in [2.45, 2.75) is 33.6 Å². The topological polar surface area (TPSA) is 46.2 Å². The number of carbonyl (C=O) groups excluding carboxylic acids is 2. The molecule has 18 heavy (non-hydrogen) atoms. The summed E-state index contributed by atoms with van der Waals surface area (Å²) < 4.78 is 0. The van der Waals surface area contributed by atoms with Gasteiger partial charge in [0, 0.05) is 11.5 Å². The minimum absolute atomic E-state index is 0.0490. The third-order valence-corrected chi connectivity index (χ3v) is 2.76. The number of aryl methyl sites for hydroxylation is 1. The van der Waals surface area contributed by atoms with E-state index in [4.69, 9.17) is 0 Å². The number of carbonyl (C=O) groups is 2. The number of hydrogen-bond acceptors (Lipinski definition) is 2. The van der Waals surface area contributed by atoms with Crippen LogP contribution in [0.5, 0.6) is 0 Å². The van der Waals surface area contributed by atoms with Crippen LogP contribution in [0, 0.1) is 5.92 Å². The van der Waals surface area contributed by atoms with Gasteiger partial charge in [-0.3, -0.25) is 9.59 Å². The molecule has 0 bridgehead atoms. The highest BCUT2D eigenvalue weighted by molar-refractivity contribution is 5.99. The third-order valence-electron chi connectivity index (χ3n) is 2.76. The van der Waals surface area contributed by atoms with Crippen molar-refractivity contribution in [2.75, 3.05) is 6.54 Å². The normalized spacial score (nSPS) is 10.4. The quantitative estimate of drug-likeness (QED) is 0.785. The molecule has 0 saturated carbocycles. The Morgan fingerprint density at radius 2 is 1.78 bits per heavy atom. The van der Waals surface area contributed by atoms with Gasteiger partial charge in [0.25, 0.3) is 0 Å². The first-order valence-corrected chi connectivity index (χ1v) is 6.44. The highest BCUT2D eigenvalue weighted by Gasteiger charge is 2.10. The van der Waals surface area contributed by atoms with Crippen LogP contribution in [-0.2, 0) is 11.2 Å². The Labute approximate surface area is 109 Å². The summed E-state index contributed by atoms with van der Waals surface area (Å²) in [5, 5.41) is 2.63. The van der Waals surface area contributed by atoms with E-state index in [2.05, 4.69) is 12.2 Å². The first-order chi connectivity index (χ1) is 8.54. The molecule has 0 aliphatic carbocycles. The van der Waals surface area contributed by atoms with E-state index >= 15 is 0 Å². The van der Waals surface area contributed by atoms with Gasteiger partial charge in [0.15, 0.2) is 5.78 Å². The van der Waals surface area contributed by atoms with Gasteiger partial charge in [-0.1, -0.05) is 51.5 Å². The number of Topliss-reactive ketones (excluding diaryl/α,β-unsaturated/α-hetero) is 1. The van der Waals surface area contributed by atoms with Crippen LogP contribution in [0.3, 0.4) is 0 Å². The lowest BCUT2D eigenvalue weighted by Gasteiger charge is -2.07. The predicted molar refractivity (Wildman–Crippen MR) is 72.6 cm³/mol. The number of benzene rings is 1. The second-order valence-electron chi connectivity index (χ2n) is 4.74. The molecular formula is C15H21NO2. The lowest BCUT2D eigenvalue weighted by atomic mass is 10.1. The molecule has 1 aromatic rings. The van der Waals surface area contributed by atoms with Crippen LogP contribution in [0.15, 0.2) is 24.3 Å². The first kappa shape index (κ1) is 14.4. The van der Waals surface area contributed by atoms with Gasteiger partial charge in [-0.25, -0.2) is 0 Å². The zero-order valence-electron chi connectivity index (χ0n) is 11.3. The van der Waals surface area contributed by atoms with Crippen LogP contribution >= 0.6 is 0 Å². The average molecular weight is 247 g/mol. The SMILES string of the molecule is CCCc1ccc(C(=O)CNC(=O)C(C)C)cc1. The number of ketones is 1. The van der Waals surface area contributed by atoms with Crippen LogP contribution < -0.4 is 5.32 Å². The van der Waals surface area contributed by atoms with E-state index < -0.39 is 0 Å². The van der Waals surface area contributed by atoms with Crippen molar-refractivity contribution >= 4 is 11.7 Å². The molecule has 1 N–H and O–H groups in total. The number of hydrogen-bond donors (Lipinski definition) is 1. The van der Waals surface area contributed by atoms with Crippen molar-refractivity contribution in [3.63, 3.8) is 0 Å². The minimum atomic E-state index is -0.0928. The predicted octanol–water partition coefficient (Wildman–Crippen LogP) is 2.59. The Balaban J connectivity index is 2.54. The second-order valence-corrected chi connectivity index (χ2v) is 4.74. The van der Waals surface area contributed by atoms with Crippen molar-refractivity contribution < 1.29 is 9.59 Å².